The summed E-state index contributed by atoms with van der Waals surface area (Å²) in [5, 5.41) is 19.7. The minimum absolute atomic E-state index is 0.0381. The zero-order valence-electron chi connectivity index (χ0n) is 11.0. The van der Waals surface area contributed by atoms with Crippen molar-refractivity contribution < 1.29 is 10.2 Å². The zero-order valence-corrected chi connectivity index (χ0v) is 11.0. The second-order valence-electron chi connectivity index (χ2n) is 4.42. The molecule has 0 spiro atoms. The van der Waals surface area contributed by atoms with E-state index in [2.05, 4.69) is 18.7 Å². The Morgan fingerprint density at radius 2 is 1.53 bits per heavy atom. The van der Waals surface area contributed by atoms with Crippen LogP contribution in [0.25, 0.3) is 0 Å². The van der Waals surface area contributed by atoms with Gasteiger partial charge in [-0.2, -0.15) is 0 Å². The summed E-state index contributed by atoms with van der Waals surface area (Å²) in [6, 6.07) is 4.95. The van der Waals surface area contributed by atoms with Gasteiger partial charge in [0.05, 0.1) is 5.56 Å². The summed E-state index contributed by atoms with van der Waals surface area (Å²) in [4.78, 5) is 2.29. The van der Waals surface area contributed by atoms with E-state index < -0.39 is 0 Å². The fourth-order valence-electron chi connectivity index (χ4n) is 2.23. The van der Waals surface area contributed by atoms with E-state index >= 15 is 0 Å². The van der Waals surface area contributed by atoms with E-state index in [1.54, 1.807) is 18.2 Å². The first-order chi connectivity index (χ1) is 8.11. The van der Waals surface area contributed by atoms with Crippen LogP contribution in [0, 0.1) is 0 Å². The molecule has 2 N–H and O–H groups in total. The lowest BCUT2D eigenvalue weighted by Crippen LogP contribution is -2.28. The molecule has 3 heteroatoms. The van der Waals surface area contributed by atoms with Gasteiger partial charge >= 0.3 is 0 Å². The fraction of sp³-hybridized carbons (Fsp3) is 0.571. The highest BCUT2D eigenvalue weighted by Crippen LogP contribution is 2.35. The second-order valence-corrected chi connectivity index (χ2v) is 4.42. The summed E-state index contributed by atoms with van der Waals surface area (Å²) in [5.41, 5.74) is 0.634. The average molecular weight is 237 g/mol. The van der Waals surface area contributed by atoms with Crippen LogP contribution in [0.5, 0.6) is 11.5 Å². The van der Waals surface area contributed by atoms with Crippen molar-refractivity contribution in [3.8, 4) is 11.5 Å². The predicted octanol–water partition coefficient (Wildman–Crippen LogP) is 3.28. The fourth-order valence-corrected chi connectivity index (χ4v) is 2.23. The van der Waals surface area contributed by atoms with Crippen molar-refractivity contribution in [1.82, 2.24) is 4.90 Å². The van der Waals surface area contributed by atoms with E-state index in [-0.39, 0.29) is 17.5 Å². The van der Waals surface area contributed by atoms with Gasteiger partial charge in [-0.25, -0.2) is 0 Å². The molecule has 96 valence electrons. The maximum atomic E-state index is 9.86. The van der Waals surface area contributed by atoms with Gasteiger partial charge in [0, 0.05) is 6.04 Å². The van der Waals surface area contributed by atoms with Crippen LogP contribution in [-0.4, -0.2) is 28.2 Å². The quantitative estimate of drug-likeness (QED) is 0.798. The second kappa shape index (κ2) is 6.50. The van der Waals surface area contributed by atoms with Crippen LogP contribution in [-0.2, 0) is 0 Å². The van der Waals surface area contributed by atoms with Crippen molar-refractivity contribution in [3.63, 3.8) is 0 Å². The Morgan fingerprint density at radius 3 is 1.94 bits per heavy atom. The molecule has 0 heterocycles. The third-order valence-electron chi connectivity index (χ3n) is 3.05. The molecule has 3 nitrogen and oxygen atoms in total. The highest BCUT2D eigenvalue weighted by molar-refractivity contribution is 5.44. The van der Waals surface area contributed by atoms with E-state index in [1.165, 1.54) is 0 Å². The summed E-state index contributed by atoms with van der Waals surface area (Å²) >= 11 is 0. The number of nitrogens with zero attached hydrogens (tertiary/aromatic N) is 1. The summed E-state index contributed by atoms with van der Waals surface area (Å²) in [6.07, 6.45) is 2.14. The van der Waals surface area contributed by atoms with Crippen LogP contribution in [0.3, 0.4) is 0 Å². The molecule has 0 saturated heterocycles. The average Bonchev–Trinajstić information content (AvgIpc) is 2.28. The molecule has 0 aliphatic rings. The largest absolute Gasteiger partial charge is 0.507 e. The molecule has 17 heavy (non-hydrogen) atoms. The molecule has 0 fully saturated rings. The summed E-state index contributed by atoms with van der Waals surface area (Å²) in [6.45, 7) is 8.26. The van der Waals surface area contributed by atoms with E-state index in [0.29, 0.717) is 5.56 Å². The minimum Gasteiger partial charge on any atom is -0.507 e. The normalized spacial score (nSPS) is 12.9. The minimum atomic E-state index is 0.0381. The van der Waals surface area contributed by atoms with Gasteiger partial charge in [-0.05, 0) is 45.0 Å². The van der Waals surface area contributed by atoms with Gasteiger partial charge in [0.1, 0.15) is 11.5 Å². The molecular formula is C14H23NO2. The van der Waals surface area contributed by atoms with Crippen molar-refractivity contribution in [1.29, 1.82) is 0 Å². The van der Waals surface area contributed by atoms with Crippen LogP contribution < -0.4 is 0 Å². The Morgan fingerprint density at radius 1 is 1.06 bits per heavy atom. The van der Waals surface area contributed by atoms with E-state index in [1.807, 2.05) is 6.92 Å². The van der Waals surface area contributed by atoms with Crippen LogP contribution >= 0.6 is 0 Å². The molecule has 0 aliphatic carbocycles. The number of phenolic OH excluding ortho intramolecular Hbond substituents is 2. The third kappa shape index (κ3) is 3.37. The maximum Gasteiger partial charge on any atom is 0.124 e. The number of rotatable bonds is 6. The van der Waals surface area contributed by atoms with Crippen LogP contribution in [0.1, 0.15) is 45.2 Å². The number of hydrogen-bond donors (Lipinski definition) is 2. The first kappa shape index (κ1) is 13.8. The zero-order chi connectivity index (χ0) is 12.8. The van der Waals surface area contributed by atoms with Gasteiger partial charge in [0.25, 0.3) is 0 Å². The van der Waals surface area contributed by atoms with Crippen molar-refractivity contribution in [2.45, 2.75) is 39.7 Å². The molecular weight excluding hydrogens is 214 g/mol. The number of benzene rings is 1. The first-order valence-corrected chi connectivity index (χ1v) is 6.36. The Kier molecular flexibility index (Phi) is 5.29. The molecule has 0 amide bonds. The summed E-state index contributed by atoms with van der Waals surface area (Å²) in [5.74, 6) is 0.351. The Bertz CT molecular complexity index is 326. The van der Waals surface area contributed by atoms with Crippen molar-refractivity contribution in [3.05, 3.63) is 23.8 Å². The molecule has 0 radical (unpaired) electrons. The lowest BCUT2D eigenvalue weighted by molar-refractivity contribution is 0.204. The molecule has 1 aromatic rings. The lowest BCUT2D eigenvalue weighted by atomic mass is 10.0. The van der Waals surface area contributed by atoms with Gasteiger partial charge in [-0.15, -0.1) is 0 Å². The summed E-state index contributed by atoms with van der Waals surface area (Å²) < 4.78 is 0. The predicted molar refractivity (Wildman–Crippen MR) is 70.3 cm³/mol. The Labute approximate surface area is 104 Å². The standard InChI is InChI=1S/C14H23NO2/c1-4-9-15(10-5-2)11(3)14-12(16)7-6-8-13(14)17/h6-8,11,16-17H,4-5,9-10H2,1-3H3. The number of aromatic hydroxyl groups is 2. The van der Waals surface area contributed by atoms with E-state index in [4.69, 9.17) is 0 Å². The number of phenols is 2. The number of hydrogen-bond acceptors (Lipinski definition) is 3. The molecule has 1 atom stereocenters. The molecule has 1 unspecified atom stereocenters. The maximum absolute atomic E-state index is 9.86. The van der Waals surface area contributed by atoms with Crippen molar-refractivity contribution >= 4 is 0 Å². The first-order valence-electron chi connectivity index (χ1n) is 6.36. The van der Waals surface area contributed by atoms with Crippen LogP contribution in [0.15, 0.2) is 18.2 Å². The van der Waals surface area contributed by atoms with Gasteiger partial charge in [-0.1, -0.05) is 19.9 Å². The topological polar surface area (TPSA) is 43.7 Å². The van der Waals surface area contributed by atoms with Gasteiger partial charge < -0.3 is 10.2 Å². The van der Waals surface area contributed by atoms with E-state index in [9.17, 15) is 10.2 Å². The van der Waals surface area contributed by atoms with Crippen LogP contribution in [0.2, 0.25) is 0 Å². The highest BCUT2D eigenvalue weighted by Gasteiger charge is 2.20. The molecule has 0 aromatic heterocycles. The molecule has 1 aromatic carbocycles. The van der Waals surface area contributed by atoms with Gasteiger partial charge in [0.15, 0.2) is 0 Å². The molecule has 0 bridgehead atoms. The molecule has 1 rings (SSSR count). The molecule has 0 saturated carbocycles. The van der Waals surface area contributed by atoms with E-state index in [0.717, 1.165) is 25.9 Å². The monoisotopic (exact) mass is 237 g/mol. The van der Waals surface area contributed by atoms with Crippen molar-refractivity contribution in [2.75, 3.05) is 13.1 Å². The van der Waals surface area contributed by atoms with Gasteiger partial charge in [-0.3, -0.25) is 4.90 Å². The smallest absolute Gasteiger partial charge is 0.124 e. The van der Waals surface area contributed by atoms with Crippen LogP contribution in [0.4, 0.5) is 0 Å². The Hall–Kier alpha value is -1.22. The molecule has 0 aliphatic heterocycles. The van der Waals surface area contributed by atoms with Crippen molar-refractivity contribution in [2.24, 2.45) is 0 Å². The highest BCUT2D eigenvalue weighted by atomic mass is 16.3. The third-order valence-corrected chi connectivity index (χ3v) is 3.05. The Balaban J connectivity index is 2.95. The summed E-state index contributed by atoms with van der Waals surface area (Å²) in [7, 11) is 0. The lowest BCUT2D eigenvalue weighted by Gasteiger charge is -2.29. The SMILES string of the molecule is CCCN(CCC)C(C)c1c(O)cccc1O. The van der Waals surface area contributed by atoms with Gasteiger partial charge in [0.2, 0.25) is 0 Å².